The summed E-state index contributed by atoms with van der Waals surface area (Å²) >= 11 is 0. The smallest absolute Gasteiger partial charge is 0.184 e. The van der Waals surface area contributed by atoms with Gasteiger partial charge in [0, 0.05) is 36.3 Å². The van der Waals surface area contributed by atoms with Gasteiger partial charge in [-0.1, -0.05) is 55.4 Å². The molecule has 0 aromatic carbocycles. The van der Waals surface area contributed by atoms with E-state index >= 15 is 0 Å². The van der Waals surface area contributed by atoms with Gasteiger partial charge in [0.05, 0.1) is 42.2 Å². The van der Waals surface area contributed by atoms with Crippen molar-refractivity contribution in [2.45, 2.75) is 207 Å². The van der Waals surface area contributed by atoms with Crippen LogP contribution in [0.4, 0.5) is 0 Å². The maximum Gasteiger partial charge on any atom is 0.184 e. The number of carbonyl (C=O) groups is 1. The van der Waals surface area contributed by atoms with Crippen molar-refractivity contribution in [2.75, 3.05) is 19.6 Å². The molecule has 0 amide bonds. The normalized spacial score (nSPS) is 34.4. The first kappa shape index (κ1) is 49.3. The summed E-state index contributed by atoms with van der Waals surface area (Å²) in [6, 6.07) is -0.579. The number of Topliss-reactive ketones (excluding diaryl/α,β-unsaturated/α-hetero) is 1. The number of carbonyl (C=O) groups excluding carboxylic acids is 1. The molecule has 54 heavy (non-hydrogen) atoms. The lowest BCUT2D eigenvalue weighted by Crippen LogP contribution is -2.65. The van der Waals surface area contributed by atoms with E-state index in [0.29, 0.717) is 25.9 Å². The predicted octanol–water partition coefficient (Wildman–Crippen LogP) is 3.28. The molecule has 17 atom stereocenters. The molecule has 0 spiro atoms. The van der Waals surface area contributed by atoms with Crippen molar-refractivity contribution in [1.29, 1.82) is 0 Å². The van der Waals surface area contributed by atoms with Crippen LogP contribution in [0.25, 0.3) is 0 Å². The molecule has 2 rings (SSSR count). The molecule has 0 bridgehead atoms. The second-order valence-corrected chi connectivity index (χ2v) is 18.3. The number of nitrogens with one attached hydrogen (secondary N) is 2. The van der Waals surface area contributed by atoms with E-state index < -0.39 is 89.3 Å². The summed E-state index contributed by atoms with van der Waals surface area (Å²) < 4.78 is 25.9. The van der Waals surface area contributed by atoms with Crippen LogP contribution < -0.4 is 10.6 Å². The third kappa shape index (κ3) is 12.1. The van der Waals surface area contributed by atoms with E-state index in [9.17, 15) is 35.4 Å². The third-order valence-electron chi connectivity index (χ3n) is 12.6. The Bertz CT molecular complexity index is 1140. The summed E-state index contributed by atoms with van der Waals surface area (Å²) in [4.78, 5) is 13.1. The van der Waals surface area contributed by atoms with Crippen LogP contribution in [0.15, 0.2) is 0 Å². The van der Waals surface area contributed by atoms with Crippen molar-refractivity contribution in [3.8, 4) is 0 Å². The standard InChI is InChI=1S/C41H80N2O11/c1-15-17-42-22-41(50)30(10)52-32(20-38(41,11)12)53-34(26(6)29(9)44)27(7)36(54-37-33(46)24(4)18-25(5)51-37)39(13,48)19-23(3)21-43-28(8)35(47)40(14,49)31(45)16-2/h23-28,30-37,42-43,45-50H,15-22H2,1-14H3/t23-,24+,25-,26+,27+,28-,30+,31?,32+,33-,34-,35?,36-,37+,39+,40-,41-/m1/s1. The summed E-state index contributed by atoms with van der Waals surface area (Å²) in [5.74, 6) is -1.66. The van der Waals surface area contributed by atoms with Gasteiger partial charge in [-0.3, -0.25) is 4.79 Å². The van der Waals surface area contributed by atoms with Crippen molar-refractivity contribution in [2.24, 2.45) is 29.1 Å². The highest BCUT2D eigenvalue weighted by molar-refractivity contribution is 5.78. The maximum absolute atomic E-state index is 13.1. The van der Waals surface area contributed by atoms with Crippen LogP contribution in [0.1, 0.15) is 129 Å². The lowest BCUT2D eigenvalue weighted by Gasteiger charge is -2.53. The summed E-state index contributed by atoms with van der Waals surface area (Å²) in [5, 5.41) is 74.0. The molecule has 0 aromatic heterocycles. The molecule has 0 aromatic rings. The van der Waals surface area contributed by atoms with Crippen molar-refractivity contribution in [3.05, 3.63) is 0 Å². The van der Waals surface area contributed by atoms with Gasteiger partial charge in [0.15, 0.2) is 12.6 Å². The Balaban J connectivity index is 2.43. The molecule has 0 radical (unpaired) electrons. The molecule has 2 heterocycles. The van der Waals surface area contributed by atoms with E-state index in [1.54, 1.807) is 27.7 Å². The van der Waals surface area contributed by atoms with Gasteiger partial charge < -0.3 is 60.2 Å². The topological polar surface area (TPSA) is 199 Å². The van der Waals surface area contributed by atoms with Gasteiger partial charge in [0.25, 0.3) is 0 Å². The summed E-state index contributed by atoms with van der Waals surface area (Å²) in [6.45, 7) is 26.9. The molecule has 320 valence electrons. The number of aliphatic hydroxyl groups excluding tert-OH is 3. The number of hydrogen-bond donors (Lipinski definition) is 8. The molecule has 0 aliphatic carbocycles. The van der Waals surface area contributed by atoms with Crippen molar-refractivity contribution >= 4 is 5.78 Å². The highest BCUT2D eigenvalue weighted by Crippen LogP contribution is 2.45. The first-order valence-corrected chi connectivity index (χ1v) is 20.5. The lowest BCUT2D eigenvalue weighted by molar-refractivity contribution is -0.321. The molecule has 13 heteroatoms. The van der Waals surface area contributed by atoms with Crippen molar-refractivity contribution in [1.82, 2.24) is 10.6 Å². The van der Waals surface area contributed by atoms with Crippen LogP contribution >= 0.6 is 0 Å². The largest absolute Gasteiger partial charge is 0.390 e. The Kier molecular flexibility index (Phi) is 18.5. The number of ether oxygens (including phenoxy) is 4. The average Bonchev–Trinajstić information content (AvgIpc) is 3.07. The van der Waals surface area contributed by atoms with Gasteiger partial charge in [0.1, 0.15) is 23.1 Å². The monoisotopic (exact) mass is 777 g/mol. The SMILES string of the molecule is CCCNC[C@@]1(O)[C@H](C)O[C@@H](O[C@@H]([C@H](C)[C@@H](O[C@@H]2O[C@H](C)C[C@H](C)[C@H]2O)[C@@](C)(O)C[C@@H](C)CN[C@H](C)C(O)[C@](C)(O)C(O)CC)[C@@H](C)C(C)=O)CC1(C)C. The fraction of sp³-hybridized carbons (Fsp3) is 0.976. The quantitative estimate of drug-likeness (QED) is 0.0747. The van der Waals surface area contributed by atoms with Crippen LogP contribution in [0, 0.1) is 29.1 Å². The number of aliphatic hydroxyl groups is 6. The summed E-state index contributed by atoms with van der Waals surface area (Å²) in [5.41, 5.74) is -5.05. The zero-order chi connectivity index (χ0) is 41.6. The molecule has 2 saturated heterocycles. The third-order valence-corrected chi connectivity index (χ3v) is 12.6. The minimum absolute atomic E-state index is 0.112. The van der Waals surface area contributed by atoms with Gasteiger partial charge in [-0.05, 0) is 92.2 Å². The maximum atomic E-state index is 13.1. The Morgan fingerprint density at radius 3 is 2.17 bits per heavy atom. The first-order chi connectivity index (χ1) is 24.8. The van der Waals surface area contributed by atoms with Gasteiger partial charge in [-0.15, -0.1) is 0 Å². The zero-order valence-corrected chi connectivity index (χ0v) is 36.0. The van der Waals surface area contributed by atoms with Crippen molar-refractivity contribution < 1.29 is 54.4 Å². The van der Waals surface area contributed by atoms with Gasteiger partial charge >= 0.3 is 0 Å². The molecular formula is C41H80N2O11. The highest BCUT2D eigenvalue weighted by atomic mass is 16.7. The fourth-order valence-corrected chi connectivity index (χ4v) is 8.63. The Labute approximate surface area is 326 Å². The minimum atomic E-state index is -1.72. The van der Waals surface area contributed by atoms with Crippen LogP contribution in [0.5, 0.6) is 0 Å². The van der Waals surface area contributed by atoms with E-state index in [2.05, 4.69) is 17.6 Å². The van der Waals surface area contributed by atoms with Gasteiger partial charge in [0.2, 0.25) is 0 Å². The Morgan fingerprint density at radius 1 is 1.02 bits per heavy atom. The van der Waals surface area contributed by atoms with Gasteiger partial charge in [-0.25, -0.2) is 0 Å². The molecule has 13 nitrogen and oxygen atoms in total. The molecular weight excluding hydrogens is 696 g/mol. The average molecular weight is 777 g/mol. The zero-order valence-electron chi connectivity index (χ0n) is 36.0. The number of ketones is 1. The second kappa shape index (κ2) is 20.2. The highest BCUT2D eigenvalue weighted by Gasteiger charge is 2.55. The molecule has 2 aliphatic rings. The Hall–Kier alpha value is -0.810. The second-order valence-electron chi connectivity index (χ2n) is 18.3. The van der Waals surface area contributed by atoms with E-state index in [4.69, 9.17) is 18.9 Å². The van der Waals surface area contributed by atoms with E-state index in [1.165, 1.54) is 13.8 Å². The van der Waals surface area contributed by atoms with E-state index in [1.807, 2.05) is 48.5 Å². The van der Waals surface area contributed by atoms with Crippen molar-refractivity contribution in [3.63, 3.8) is 0 Å². The lowest BCUT2D eigenvalue weighted by atomic mass is 9.67. The molecule has 0 saturated carbocycles. The first-order valence-electron chi connectivity index (χ1n) is 20.5. The molecule has 2 aliphatic heterocycles. The van der Waals surface area contributed by atoms with Gasteiger partial charge in [-0.2, -0.15) is 0 Å². The predicted molar refractivity (Wildman–Crippen MR) is 209 cm³/mol. The number of hydrogen-bond acceptors (Lipinski definition) is 13. The Morgan fingerprint density at radius 2 is 1.63 bits per heavy atom. The molecule has 8 N–H and O–H groups in total. The number of rotatable bonds is 22. The van der Waals surface area contributed by atoms with Crippen LogP contribution in [-0.2, 0) is 23.7 Å². The van der Waals surface area contributed by atoms with E-state index in [-0.39, 0.29) is 36.6 Å². The van der Waals surface area contributed by atoms with Crippen LogP contribution in [-0.4, -0.2) is 134 Å². The van der Waals surface area contributed by atoms with E-state index in [0.717, 1.165) is 13.0 Å². The molecule has 2 unspecified atom stereocenters. The minimum Gasteiger partial charge on any atom is -0.390 e. The fourth-order valence-electron chi connectivity index (χ4n) is 8.63. The summed E-state index contributed by atoms with van der Waals surface area (Å²) in [6.07, 6.45) is -5.26. The summed E-state index contributed by atoms with van der Waals surface area (Å²) in [7, 11) is 0. The molecule has 2 fully saturated rings. The van der Waals surface area contributed by atoms with Crippen LogP contribution in [0.3, 0.4) is 0 Å². The van der Waals surface area contributed by atoms with Crippen LogP contribution in [0.2, 0.25) is 0 Å².